The Kier molecular flexibility index (Phi) is 4.74. The molecule has 0 aliphatic carbocycles. The molecular formula is C14H18N4S. The summed E-state index contributed by atoms with van der Waals surface area (Å²) in [6.45, 7) is 7.03. The van der Waals surface area contributed by atoms with Crippen LogP contribution >= 0.6 is 11.8 Å². The van der Waals surface area contributed by atoms with Crippen LogP contribution in [0.25, 0.3) is 0 Å². The van der Waals surface area contributed by atoms with Crippen molar-refractivity contribution >= 4 is 17.6 Å². The van der Waals surface area contributed by atoms with Crippen molar-refractivity contribution in [1.29, 1.82) is 0 Å². The smallest absolute Gasteiger partial charge is 0.133 e. The summed E-state index contributed by atoms with van der Waals surface area (Å²) < 4.78 is 0. The molecule has 2 aromatic rings. The molecule has 2 heterocycles. The highest BCUT2D eigenvalue weighted by molar-refractivity contribution is 7.99. The lowest BCUT2D eigenvalue weighted by molar-refractivity contribution is 0.869. The first-order valence-corrected chi connectivity index (χ1v) is 7.26. The van der Waals surface area contributed by atoms with E-state index in [1.807, 2.05) is 25.1 Å². The summed E-state index contributed by atoms with van der Waals surface area (Å²) in [6, 6.07) is 5.89. The van der Waals surface area contributed by atoms with Crippen LogP contribution in [0.4, 0.5) is 5.82 Å². The highest BCUT2D eigenvalue weighted by Crippen LogP contribution is 2.29. The van der Waals surface area contributed by atoms with Crippen LogP contribution in [0.1, 0.15) is 25.2 Å². The van der Waals surface area contributed by atoms with Crippen LogP contribution in [0, 0.1) is 6.92 Å². The number of anilines is 1. The fraction of sp³-hybridized carbons (Fsp3) is 0.357. The highest BCUT2D eigenvalue weighted by Gasteiger charge is 2.11. The number of hydrogen-bond donors (Lipinski definition) is 1. The van der Waals surface area contributed by atoms with Crippen molar-refractivity contribution in [2.75, 3.05) is 11.9 Å². The molecule has 0 aromatic carbocycles. The monoisotopic (exact) mass is 274 g/mol. The molecule has 4 nitrogen and oxygen atoms in total. The number of pyridine rings is 1. The SMILES string of the molecule is CCNc1nc(CC)nc(Sc2ccccn2)c1C. The van der Waals surface area contributed by atoms with E-state index >= 15 is 0 Å². The summed E-state index contributed by atoms with van der Waals surface area (Å²) in [5.41, 5.74) is 1.08. The van der Waals surface area contributed by atoms with Crippen LogP contribution in [-0.2, 0) is 6.42 Å². The van der Waals surface area contributed by atoms with Gasteiger partial charge in [0.1, 0.15) is 21.7 Å². The van der Waals surface area contributed by atoms with Gasteiger partial charge in [0.05, 0.1) is 0 Å². The van der Waals surface area contributed by atoms with Crippen LogP contribution in [0.15, 0.2) is 34.4 Å². The second-order valence-corrected chi connectivity index (χ2v) is 5.08. The van der Waals surface area contributed by atoms with E-state index in [2.05, 4.69) is 34.1 Å². The van der Waals surface area contributed by atoms with Gasteiger partial charge in [-0.1, -0.05) is 13.0 Å². The lowest BCUT2D eigenvalue weighted by atomic mass is 10.3. The summed E-state index contributed by atoms with van der Waals surface area (Å²) in [5, 5.41) is 5.22. The van der Waals surface area contributed by atoms with E-state index in [-0.39, 0.29) is 0 Å². The van der Waals surface area contributed by atoms with Gasteiger partial charge in [0.25, 0.3) is 0 Å². The molecule has 19 heavy (non-hydrogen) atoms. The Morgan fingerprint density at radius 1 is 1.21 bits per heavy atom. The van der Waals surface area contributed by atoms with E-state index in [0.717, 1.165) is 40.2 Å². The van der Waals surface area contributed by atoms with Gasteiger partial charge in [0.15, 0.2) is 0 Å². The van der Waals surface area contributed by atoms with Gasteiger partial charge in [-0.25, -0.2) is 15.0 Å². The van der Waals surface area contributed by atoms with Crippen molar-refractivity contribution in [2.24, 2.45) is 0 Å². The molecule has 5 heteroatoms. The molecular weight excluding hydrogens is 256 g/mol. The standard InChI is InChI=1S/C14H18N4S/c1-4-11-17-13(15-5-2)10(3)14(18-11)19-12-8-6-7-9-16-12/h6-9H,4-5H2,1-3H3,(H,15,17,18). The Morgan fingerprint density at radius 2 is 2.05 bits per heavy atom. The molecule has 0 saturated heterocycles. The van der Waals surface area contributed by atoms with Gasteiger partial charge in [-0.05, 0) is 37.7 Å². The maximum atomic E-state index is 4.60. The lowest BCUT2D eigenvalue weighted by Gasteiger charge is -2.12. The van der Waals surface area contributed by atoms with E-state index in [1.54, 1.807) is 18.0 Å². The quantitative estimate of drug-likeness (QED) is 0.848. The van der Waals surface area contributed by atoms with E-state index in [1.165, 1.54) is 0 Å². The average Bonchev–Trinajstić information content (AvgIpc) is 2.44. The summed E-state index contributed by atoms with van der Waals surface area (Å²) in [7, 11) is 0. The first-order valence-electron chi connectivity index (χ1n) is 6.44. The van der Waals surface area contributed by atoms with Crippen molar-refractivity contribution in [3.8, 4) is 0 Å². The molecule has 0 fully saturated rings. The fourth-order valence-corrected chi connectivity index (χ4v) is 2.50. The number of rotatable bonds is 5. The molecule has 0 atom stereocenters. The lowest BCUT2D eigenvalue weighted by Crippen LogP contribution is -2.07. The second kappa shape index (κ2) is 6.52. The minimum atomic E-state index is 0.828. The van der Waals surface area contributed by atoms with Crippen molar-refractivity contribution in [1.82, 2.24) is 15.0 Å². The Morgan fingerprint density at radius 3 is 2.68 bits per heavy atom. The van der Waals surface area contributed by atoms with Gasteiger partial charge in [0, 0.05) is 24.7 Å². The molecule has 0 saturated carbocycles. The van der Waals surface area contributed by atoms with Crippen molar-refractivity contribution < 1.29 is 0 Å². The molecule has 1 N–H and O–H groups in total. The van der Waals surface area contributed by atoms with Crippen LogP contribution in [0.5, 0.6) is 0 Å². The van der Waals surface area contributed by atoms with Crippen molar-refractivity contribution in [2.45, 2.75) is 37.2 Å². The maximum absolute atomic E-state index is 4.60. The second-order valence-electron chi connectivity index (χ2n) is 4.07. The Bertz CT molecular complexity index is 543. The van der Waals surface area contributed by atoms with E-state index in [9.17, 15) is 0 Å². The molecule has 0 radical (unpaired) electrons. The zero-order chi connectivity index (χ0) is 13.7. The van der Waals surface area contributed by atoms with Crippen LogP contribution < -0.4 is 5.32 Å². The van der Waals surface area contributed by atoms with Gasteiger partial charge >= 0.3 is 0 Å². The largest absolute Gasteiger partial charge is 0.370 e. The summed E-state index contributed by atoms with van der Waals surface area (Å²) >= 11 is 1.58. The third kappa shape index (κ3) is 3.44. The third-order valence-electron chi connectivity index (χ3n) is 2.65. The highest BCUT2D eigenvalue weighted by atomic mass is 32.2. The number of aryl methyl sites for hydroxylation is 1. The molecule has 0 unspecified atom stereocenters. The van der Waals surface area contributed by atoms with Crippen LogP contribution in [-0.4, -0.2) is 21.5 Å². The Labute approximate surface area is 118 Å². The molecule has 0 spiro atoms. The summed E-state index contributed by atoms with van der Waals surface area (Å²) in [5.74, 6) is 1.78. The van der Waals surface area contributed by atoms with Gasteiger partial charge in [-0.2, -0.15) is 0 Å². The third-order valence-corrected chi connectivity index (χ3v) is 3.69. The number of nitrogens with zero attached hydrogens (tertiary/aromatic N) is 3. The molecule has 0 bridgehead atoms. The average molecular weight is 274 g/mol. The van der Waals surface area contributed by atoms with Gasteiger partial charge in [-0.15, -0.1) is 0 Å². The zero-order valence-electron chi connectivity index (χ0n) is 11.5. The predicted molar refractivity (Wildman–Crippen MR) is 78.7 cm³/mol. The predicted octanol–water partition coefficient (Wildman–Crippen LogP) is 3.33. The molecule has 0 amide bonds. The van der Waals surface area contributed by atoms with E-state index in [0.29, 0.717) is 0 Å². The first kappa shape index (κ1) is 13.8. The van der Waals surface area contributed by atoms with Gasteiger partial charge < -0.3 is 5.32 Å². The van der Waals surface area contributed by atoms with Gasteiger partial charge in [0.2, 0.25) is 0 Å². The minimum absolute atomic E-state index is 0.828. The Hall–Kier alpha value is -1.62. The fourth-order valence-electron chi connectivity index (χ4n) is 1.64. The van der Waals surface area contributed by atoms with E-state index < -0.39 is 0 Å². The molecule has 2 rings (SSSR count). The molecule has 2 aromatic heterocycles. The number of hydrogen-bond acceptors (Lipinski definition) is 5. The Balaban J connectivity index is 2.35. The summed E-state index contributed by atoms with van der Waals surface area (Å²) in [4.78, 5) is 13.5. The normalized spacial score (nSPS) is 10.5. The minimum Gasteiger partial charge on any atom is -0.370 e. The zero-order valence-corrected chi connectivity index (χ0v) is 12.3. The molecule has 100 valence electrons. The summed E-state index contributed by atoms with van der Waals surface area (Å²) in [6.07, 6.45) is 2.62. The van der Waals surface area contributed by atoms with Crippen molar-refractivity contribution in [3.63, 3.8) is 0 Å². The maximum Gasteiger partial charge on any atom is 0.133 e. The van der Waals surface area contributed by atoms with E-state index in [4.69, 9.17) is 0 Å². The van der Waals surface area contributed by atoms with Gasteiger partial charge in [-0.3, -0.25) is 0 Å². The number of nitrogens with one attached hydrogen (secondary N) is 1. The van der Waals surface area contributed by atoms with Crippen LogP contribution in [0.2, 0.25) is 0 Å². The van der Waals surface area contributed by atoms with Crippen LogP contribution in [0.3, 0.4) is 0 Å². The number of aromatic nitrogens is 3. The first-order chi connectivity index (χ1) is 9.24. The van der Waals surface area contributed by atoms with Crippen molar-refractivity contribution in [3.05, 3.63) is 35.8 Å². The molecule has 0 aliphatic rings. The topological polar surface area (TPSA) is 50.7 Å². The molecule has 0 aliphatic heterocycles.